The van der Waals surface area contributed by atoms with E-state index in [1.54, 1.807) is 30.3 Å². The van der Waals surface area contributed by atoms with Crippen LogP contribution in [0.15, 0.2) is 77.0 Å². The molecule has 0 unspecified atom stereocenters. The third-order valence-corrected chi connectivity index (χ3v) is 4.64. The Hall–Kier alpha value is -2.92. The lowest BCUT2D eigenvalue weighted by Crippen LogP contribution is -1.98. The number of fused-ring (bicyclic) bond motifs is 1. The summed E-state index contributed by atoms with van der Waals surface area (Å²) < 4.78 is 25.8. The molecule has 3 aromatic rings. The van der Waals surface area contributed by atoms with Crippen molar-refractivity contribution in [2.75, 3.05) is 0 Å². The molecular weight excluding hydrogens is 411 g/mol. The number of ketones is 1. The summed E-state index contributed by atoms with van der Waals surface area (Å²) in [5.41, 5.74) is 2.06. The van der Waals surface area contributed by atoms with Crippen LogP contribution in [0.25, 0.3) is 6.08 Å². The van der Waals surface area contributed by atoms with Crippen LogP contribution in [0.2, 0.25) is 0 Å². The molecule has 0 aromatic heterocycles. The molecule has 1 heterocycles. The van der Waals surface area contributed by atoms with Gasteiger partial charge in [0.15, 0.2) is 5.76 Å². The van der Waals surface area contributed by atoms with Crippen LogP contribution in [0.1, 0.15) is 21.5 Å². The van der Waals surface area contributed by atoms with Gasteiger partial charge < -0.3 is 9.47 Å². The maximum Gasteiger partial charge on any atom is 0.231 e. The van der Waals surface area contributed by atoms with Gasteiger partial charge in [0.05, 0.1) is 5.56 Å². The summed E-state index contributed by atoms with van der Waals surface area (Å²) in [6.07, 6.45) is 1.54. The van der Waals surface area contributed by atoms with Crippen molar-refractivity contribution >= 4 is 27.8 Å². The zero-order valence-corrected chi connectivity index (χ0v) is 15.7. The van der Waals surface area contributed by atoms with Gasteiger partial charge in [-0.05, 0) is 53.6 Å². The van der Waals surface area contributed by atoms with Gasteiger partial charge in [0, 0.05) is 10.5 Å². The van der Waals surface area contributed by atoms with Gasteiger partial charge in [-0.3, -0.25) is 4.79 Å². The van der Waals surface area contributed by atoms with E-state index in [-0.39, 0.29) is 17.4 Å². The Morgan fingerprint density at radius 2 is 1.85 bits per heavy atom. The minimum Gasteiger partial charge on any atom is -0.489 e. The molecule has 27 heavy (non-hydrogen) atoms. The molecule has 0 amide bonds. The van der Waals surface area contributed by atoms with E-state index in [0.29, 0.717) is 29.2 Å². The van der Waals surface area contributed by atoms with Gasteiger partial charge in [0.25, 0.3) is 0 Å². The summed E-state index contributed by atoms with van der Waals surface area (Å²) >= 11 is 3.40. The molecule has 3 aromatic carbocycles. The molecule has 1 aliphatic rings. The second-order valence-corrected chi connectivity index (χ2v) is 6.98. The lowest BCUT2D eigenvalue weighted by Gasteiger charge is -2.07. The van der Waals surface area contributed by atoms with Crippen molar-refractivity contribution in [1.82, 2.24) is 0 Å². The fraction of sp³-hybridized carbons (Fsp3) is 0.0455. The number of Topliss-reactive ketones (excluding diaryl/α,β-unsaturated/α-hetero) is 1. The first-order chi connectivity index (χ1) is 13.1. The second-order valence-electron chi connectivity index (χ2n) is 6.07. The second kappa shape index (κ2) is 7.37. The van der Waals surface area contributed by atoms with Crippen molar-refractivity contribution in [1.29, 1.82) is 0 Å². The first-order valence-corrected chi connectivity index (χ1v) is 9.09. The zero-order chi connectivity index (χ0) is 18.8. The van der Waals surface area contributed by atoms with Gasteiger partial charge in [-0.2, -0.15) is 0 Å². The number of hydrogen-bond donors (Lipinski definition) is 0. The monoisotopic (exact) mass is 424 g/mol. The van der Waals surface area contributed by atoms with Crippen molar-refractivity contribution in [2.45, 2.75) is 6.61 Å². The number of carbonyl (C=O) groups excluding carboxylic acids is 1. The van der Waals surface area contributed by atoms with Gasteiger partial charge in [-0.1, -0.05) is 40.2 Å². The molecule has 4 rings (SSSR count). The first-order valence-electron chi connectivity index (χ1n) is 8.29. The Labute approximate surface area is 164 Å². The topological polar surface area (TPSA) is 35.5 Å². The third-order valence-electron chi connectivity index (χ3n) is 4.11. The Morgan fingerprint density at radius 3 is 2.63 bits per heavy atom. The number of carbonyl (C=O) groups is 1. The molecule has 0 spiro atoms. The zero-order valence-electron chi connectivity index (χ0n) is 14.1. The van der Waals surface area contributed by atoms with Crippen LogP contribution in [0.4, 0.5) is 4.39 Å². The van der Waals surface area contributed by atoms with Gasteiger partial charge in [0.1, 0.15) is 23.9 Å². The summed E-state index contributed by atoms with van der Waals surface area (Å²) in [5.74, 6) is 0.623. The number of hydrogen-bond acceptors (Lipinski definition) is 3. The SMILES string of the molecule is O=C1C(=Cc2cccc(F)c2)Oc2cc(OCc3ccc(Br)cc3)ccc21. The van der Waals surface area contributed by atoms with Gasteiger partial charge >= 0.3 is 0 Å². The number of benzene rings is 3. The number of allylic oxidation sites excluding steroid dienone is 1. The molecule has 0 radical (unpaired) electrons. The van der Waals surface area contributed by atoms with E-state index < -0.39 is 0 Å². The van der Waals surface area contributed by atoms with Crippen LogP contribution in [0.3, 0.4) is 0 Å². The molecule has 5 heteroatoms. The maximum atomic E-state index is 13.3. The predicted molar refractivity (Wildman–Crippen MR) is 104 cm³/mol. The standard InChI is InChI=1S/C22H14BrFO3/c23-16-6-4-14(5-7-16)13-26-18-8-9-19-20(12-18)27-21(22(19)25)11-15-2-1-3-17(24)10-15/h1-12H,13H2. The van der Waals surface area contributed by atoms with Crippen molar-refractivity contribution in [2.24, 2.45) is 0 Å². The molecule has 3 nitrogen and oxygen atoms in total. The van der Waals surface area contributed by atoms with Crippen LogP contribution in [-0.2, 0) is 6.61 Å². The van der Waals surface area contributed by atoms with Crippen molar-refractivity contribution in [3.8, 4) is 11.5 Å². The molecule has 0 fully saturated rings. The molecular formula is C22H14BrFO3. The van der Waals surface area contributed by atoms with Crippen LogP contribution >= 0.6 is 15.9 Å². The smallest absolute Gasteiger partial charge is 0.231 e. The molecule has 0 bridgehead atoms. The molecule has 134 valence electrons. The molecule has 0 saturated heterocycles. The van der Waals surface area contributed by atoms with Crippen molar-refractivity contribution < 1.29 is 18.7 Å². The average Bonchev–Trinajstić information content (AvgIpc) is 2.96. The average molecular weight is 425 g/mol. The van der Waals surface area contributed by atoms with Crippen molar-refractivity contribution in [3.63, 3.8) is 0 Å². The third kappa shape index (κ3) is 3.93. The Balaban J connectivity index is 1.51. The lowest BCUT2D eigenvalue weighted by atomic mass is 10.1. The van der Waals surface area contributed by atoms with Crippen LogP contribution < -0.4 is 9.47 Å². The van der Waals surface area contributed by atoms with E-state index in [1.807, 2.05) is 24.3 Å². The van der Waals surface area contributed by atoms with Crippen molar-refractivity contribution in [3.05, 3.63) is 99.5 Å². The largest absolute Gasteiger partial charge is 0.489 e. The Bertz CT molecular complexity index is 1040. The van der Waals surface area contributed by atoms with Crippen LogP contribution in [0, 0.1) is 5.82 Å². The molecule has 0 atom stereocenters. The maximum absolute atomic E-state index is 13.3. The quantitative estimate of drug-likeness (QED) is 0.497. The normalized spacial score (nSPS) is 14.1. The van der Waals surface area contributed by atoms with Crippen LogP contribution in [-0.4, -0.2) is 5.78 Å². The van der Waals surface area contributed by atoms with Gasteiger partial charge in [-0.25, -0.2) is 4.39 Å². The summed E-state index contributed by atoms with van der Waals surface area (Å²) in [4.78, 5) is 12.5. The fourth-order valence-corrected chi connectivity index (χ4v) is 3.02. The molecule has 1 aliphatic heterocycles. The van der Waals surface area contributed by atoms with Gasteiger partial charge in [0.2, 0.25) is 5.78 Å². The minimum absolute atomic E-state index is 0.167. The molecule has 0 N–H and O–H groups in total. The highest BCUT2D eigenvalue weighted by Crippen LogP contribution is 2.35. The molecule has 0 saturated carbocycles. The van der Waals surface area contributed by atoms with E-state index in [1.165, 1.54) is 18.2 Å². The summed E-state index contributed by atoms with van der Waals surface area (Å²) in [5, 5.41) is 0. The highest BCUT2D eigenvalue weighted by molar-refractivity contribution is 9.10. The van der Waals surface area contributed by atoms with E-state index in [0.717, 1.165) is 10.0 Å². The number of halogens is 2. The van der Waals surface area contributed by atoms with E-state index in [9.17, 15) is 9.18 Å². The highest BCUT2D eigenvalue weighted by Gasteiger charge is 2.27. The Kier molecular flexibility index (Phi) is 4.77. The van der Waals surface area contributed by atoms with E-state index >= 15 is 0 Å². The van der Waals surface area contributed by atoms with E-state index in [4.69, 9.17) is 9.47 Å². The minimum atomic E-state index is -0.365. The fourth-order valence-electron chi connectivity index (χ4n) is 2.75. The number of ether oxygens (including phenoxy) is 2. The highest BCUT2D eigenvalue weighted by atomic mass is 79.9. The number of rotatable bonds is 4. The van der Waals surface area contributed by atoms with E-state index in [2.05, 4.69) is 15.9 Å². The lowest BCUT2D eigenvalue weighted by molar-refractivity contribution is 0.101. The summed E-state index contributed by atoms with van der Waals surface area (Å²) in [7, 11) is 0. The van der Waals surface area contributed by atoms with Gasteiger partial charge in [-0.15, -0.1) is 0 Å². The predicted octanol–water partition coefficient (Wildman–Crippen LogP) is 5.78. The molecule has 0 aliphatic carbocycles. The first kappa shape index (κ1) is 17.5. The summed E-state index contributed by atoms with van der Waals surface area (Å²) in [6, 6.07) is 18.9. The van der Waals surface area contributed by atoms with Crippen LogP contribution in [0.5, 0.6) is 11.5 Å². The Morgan fingerprint density at radius 1 is 1.04 bits per heavy atom. The summed E-state index contributed by atoms with van der Waals surface area (Å²) in [6.45, 7) is 0.409.